The summed E-state index contributed by atoms with van der Waals surface area (Å²) in [7, 11) is 0. The van der Waals surface area contributed by atoms with Crippen LogP contribution in [0.25, 0.3) is 10.9 Å². The highest BCUT2D eigenvalue weighted by Crippen LogP contribution is 2.29. The third-order valence-corrected chi connectivity index (χ3v) is 8.33. The zero-order valence-electron chi connectivity index (χ0n) is 24.4. The Labute approximate surface area is 250 Å². The molecule has 0 spiro atoms. The third-order valence-electron chi connectivity index (χ3n) is 8.33. The first-order chi connectivity index (χ1) is 20.9. The van der Waals surface area contributed by atoms with Gasteiger partial charge < -0.3 is 19.7 Å². The number of nitrogens with one attached hydrogen (secondary N) is 1. The van der Waals surface area contributed by atoms with Crippen molar-refractivity contribution in [2.24, 2.45) is 11.8 Å². The van der Waals surface area contributed by atoms with E-state index in [0.717, 1.165) is 42.5 Å². The molecule has 2 fully saturated rings. The first-order valence-corrected chi connectivity index (χ1v) is 15.1. The topological polar surface area (TPSA) is 85.7 Å². The Bertz CT molecular complexity index is 1570. The van der Waals surface area contributed by atoms with Crippen molar-refractivity contribution in [2.45, 2.75) is 39.2 Å². The number of fused-ring (bicyclic) bond motifs is 1. The third kappa shape index (κ3) is 7.22. The summed E-state index contributed by atoms with van der Waals surface area (Å²) in [6.07, 6.45) is 6.33. The van der Waals surface area contributed by atoms with Crippen molar-refractivity contribution in [2.75, 3.05) is 32.8 Å². The second-order valence-electron chi connectivity index (χ2n) is 11.6. The van der Waals surface area contributed by atoms with E-state index in [1.165, 1.54) is 25.0 Å². The lowest BCUT2D eigenvalue weighted by molar-refractivity contribution is 0.0681. The van der Waals surface area contributed by atoms with Crippen LogP contribution >= 0.6 is 0 Å². The SMILES string of the molecule is Cc1c(C(=O)NCCOCC2CC2)ccc2nn(CC3CCN(C(=O)c4ccc(Oc5ccc(F)cc5)cc4)CC3)cc12. The van der Waals surface area contributed by atoms with E-state index in [-0.39, 0.29) is 17.6 Å². The van der Waals surface area contributed by atoms with Crippen LogP contribution in [0.4, 0.5) is 4.39 Å². The predicted octanol–water partition coefficient (Wildman–Crippen LogP) is 5.98. The molecule has 224 valence electrons. The van der Waals surface area contributed by atoms with E-state index in [4.69, 9.17) is 14.6 Å². The van der Waals surface area contributed by atoms with Crippen LogP contribution in [0.5, 0.6) is 11.5 Å². The highest BCUT2D eigenvalue weighted by atomic mass is 19.1. The molecule has 1 N–H and O–H groups in total. The predicted molar refractivity (Wildman–Crippen MR) is 162 cm³/mol. The normalized spacial score (nSPS) is 15.5. The van der Waals surface area contributed by atoms with Crippen LogP contribution in [0.3, 0.4) is 0 Å². The van der Waals surface area contributed by atoms with Crippen LogP contribution in [0.1, 0.15) is 52.0 Å². The zero-order chi connectivity index (χ0) is 29.8. The maximum atomic E-state index is 13.1. The number of hydrogen-bond acceptors (Lipinski definition) is 5. The highest BCUT2D eigenvalue weighted by molar-refractivity contribution is 6.00. The Hall–Kier alpha value is -4.24. The summed E-state index contributed by atoms with van der Waals surface area (Å²) >= 11 is 0. The molecule has 0 atom stereocenters. The molecule has 1 saturated carbocycles. The Morgan fingerprint density at radius 2 is 1.63 bits per heavy atom. The minimum absolute atomic E-state index is 0.00696. The lowest BCUT2D eigenvalue weighted by atomic mass is 9.96. The summed E-state index contributed by atoms with van der Waals surface area (Å²) in [5, 5.41) is 8.73. The van der Waals surface area contributed by atoms with Crippen LogP contribution in [0.2, 0.25) is 0 Å². The van der Waals surface area contributed by atoms with Crippen LogP contribution in [-0.2, 0) is 11.3 Å². The fraction of sp³-hybridized carbons (Fsp3) is 0.382. The van der Waals surface area contributed by atoms with Gasteiger partial charge in [-0.05, 0) is 111 Å². The van der Waals surface area contributed by atoms with Crippen LogP contribution in [0.15, 0.2) is 66.9 Å². The molecule has 0 radical (unpaired) electrons. The van der Waals surface area contributed by atoms with Crippen molar-refractivity contribution in [1.82, 2.24) is 20.0 Å². The zero-order valence-corrected chi connectivity index (χ0v) is 24.4. The van der Waals surface area contributed by atoms with Gasteiger partial charge >= 0.3 is 0 Å². The summed E-state index contributed by atoms with van der Waals surface area (Å²) in [6, 6.07) is 16.6. The van der Waals surface area contributed by atoms with Crippen molar-refractivity contribution in [3.8, 4) is 11.5 Å². The van der Waals surface area contributed by atoms with Gasteiger partial charge in [-0.2, -0.15) is 5.10 Å². The monoisotopic (exact) mass is 584 g/mol. The number of benzene rings is 3. The number of aromatic nitrogens is 2. The first-order valence-electron chi connectivity index (χ1n) is 15.1. The number of likely N-dealkylation sites (tertiary alicyclic amines) is 1. The maximum absolute atomic E-state index is 13.1. The van der Waals surface area contributed by atoms with Gasteiger partial charge in [-0.3, -0.25) is 14.3 Å². The van der Waals surface area contributed by atoms with Crippen LogP contribution in [0, 0.1) is 24.6 Å². The molecule has 9 heteroatoms. The van der Waals surface area contributed by atoms with Gasteiger partial charge in [0.1, 0.15) is 17.3 Å². The molecule has 4 aromatic rings. The highest BCUT2D eigenvalue weighted by Gasteiger charge is 2.25. The molecule has 8 nitrogen and oxygen atoms in total. The summed E-state index contributed by atoms with van der Waals surface area (Å²) in [5.41, 5.74) is 3.08. The van der Waals surface area contributed by atoms with Gasteiger partial charge in [-0.1, -0.05) is 0 Å². The van der Waals surface area contributed by atoms with Gasteiger partial charge in [0.15, 0.2) is 0 Å². The molecule has 2 amide bonds. The summed E-state index contributed by atoms with van der Waals surface area (Å²) in [6.45, 7) is 5.94. The lowest BCUT2D eigenvalue weighted by Crippen LogP contribution is -2.39. The number of rotatable bonds is 11. The molecule has 1 aromatic heterocycles. The van der Waals surface area contributed by atoms with E-state index in [9.17, 15) is 14.0 Å². The number of aryl methyl sites for hydroxylation is 1. The number of amides is 2. The Morgan fingerprint density at radius 1 is 0.930 bits per heavy atom. The molecule has 0 bridgehead atoms. The van der Waals surface area contributed by atoms with Crippen LogP contribution in [-0.4, -0.2) is 59.3 Å². The largest absolute Gasteiger partial charge is 0.457 e. The molecule has 1 aliphatic carbocycles. The van der Waals surface area contributed by atoms with Gasteiger partial charge in [-0.15, -0.1) is 0 Å². The number of carbonyl (C=O) groups excluding carboxylic acids is 2. The molecule has 43 heavy (non-hydrogen) atoms. The fourth-order valence-electron chi connectivity index (χ4n) is 5.56. The van der Waals surface area contributed by atoms with E-state index < -0.39 is 0 Å². The van der Waals surface area contributed by atoms with Crippen molar-refractivity contribution >= 4 is 22.7 Å². The molecule has 1 saturated heterocycles. The quantitative estimate of drug-likeness (QED) is 0.219. The van der Waals surface area contributed by atoms with Crippen molar-refractivity contribution in [3.05, 3.63) is 89.4 Å². The molecule has 3 aromatic carbocycles. The van der Waals surface area contributed by atoms with Crippen molar-refractivity contribution in [3.63, 3.8) is 0 Å². The van der Waals surface area contributed by atoms with Gasteiger partial charge in [-0.25, -0.2) is 4.39 Å². The summed E-state index contributed by atoms with van der Waals surface area (Å²) < 4.78 is 26.5. The van der Waals surface area contributed by atoms with E-state index in [0.29, 0.717) is 60.7 Å². The van der Waals surface area contributed by atoms with Gasteiger partial charge in [0.05, 0.1) is 12.1 Å². The maximum Gasteiger partial charge on any atom is 0.253 e. The molecular weight excluding hydrogens is 547 g/mol. The smallest absolute Gasteiger partial charge is 0.253 e. The molecular formula is C34H37FN4O4. The standard InChI is InChI=1S/C34H37FN4O4/c1-23-30(33(40)36-16-19-42-22-25-2-3-25)12-13-32-31(23)21-39(37-32)20-24-14-17-38(18-15-24)34(41)26-4-8-28(9-5-26)43-29-10-6-27(35)7-11-29/h4-13,21,24-25H,2-3,14-20,22H2,1H3,(H,36,40). The fourth-order valence-corrected chi connectivity index (χ4v) is 5.56. The Morgan fingerprint density at radius 3 is 2.33 bits per heavy atom. The van der Waals surface area contributed by atoms with E-state index >= 15 is 0 Å². The molecule has 0 unspecified atom stereocenters. The number of carbonyl (C=O) groups is 2. The summed E-state index contributed by atoms with van der Waals surface area (Å²) in [4.78, 5) is 27.8. The molecule has 2 aliphatic rings. The average molecular weight is 585 g/mol. The van der Waals surface area contributed by atoms with E-state index in [2.05, 4.69) is 5.32 Å². The number of nitrogens with zero attached hydrogens (tertiary/aromatic N) is 3. The minimum atomic E-state index is -0.318. The molecule has 6 rings (SSSR count). The van der Waals surface area contributed by atoms with Crippen LogP contribution < -0.4 is 10.1 Å². The van der Waals surface area contributed by atoms with Gasteiger partial charge in [0.25, 0.3) is 11.8 Å². The van der Waals surface area contributed by atoms with E-state index in [1.54, 1.807) is 36.4 Å². The number of halogens is 1. The van der Waals surface area contributed by atoms with Gasteiger partial charge in [0, 0.05) is 55.5 Å². The number of hydrogen-bond donors (Lipinski definition) is 1. The summed E-state index contributed by atoms with van der Waals surface area (Å²) in [5.74, 6) is 1.85. The second kappa shape index (κ2) is 13.0. The number of piperidine rings is 1. The van der Waals surface area contributed by atoms with Gasteiger partial charge in [0.2, 0.25) is 0 Å². The number of ether oxygens (including phenoxy) is 2. The minimum Gasteiger partial charge on any atom is -0.457 e. The Kier molecular flexibility index (Phi) is 8.69. The van der Waals surface area contributed by atoms with E-state index in [1.807, 2.05) is 34.8 Å². The van der Waals surface area contributed by atoms with Crippen molar-refractivity contribution < 1.29 is 23.5 Å². The average Bonchev–Trinajstić information content (AvgIpc) is 3.75. The van der Waals surface area contributed by atoms with Crippen molar-refractivity contribution in [1.29, 1.82) is 0 Å². The lowest BCUT2D eigenvalue weighted by Gasteiger charge is -2.32. The second-order valence-corrected chi connectivity index (χ2v) is 11.6. The first kappa shape index (κ1) is 28.9. The molecule has 2 heterocycles. The molecule has 1 aliphatic heterocycles. The Balaban J connectivity index is 0.990.